The number of hydrogen-bond acceptors (Lipinski definition) is 2. The van der Waals surface area contributed by atoms with Gasteiger partial charge < -0.3 is 0 Å². The molecule has 1 aromatic carbocycles. The Kier molecular flexibility index (Phi) is 4.54. The van der Waals surface area contributed by atoms with Crippen LogP contribution in [0.1, 0.15) is 24.8 Å². The van der Waals surface area contributed by atoms with Crippen LogP contribution in [0.5, 0.6) is 5.75 Å². The van der Waals surface area contributed by atoms with E-state index in [1.165, 1.54) is 5.57 Å². The first-order valence-corrected chi connectivity index (χ1v) is 15.3. The number of aldehydes is 1. The summed E-state index contributed by atoms with van der Waals surface area (Å²) < 4.78 is 8.23. The van der Waals surface area contributed by atoms with Gasteiger partial charge in [-0.15, -0.1) is 0 Å². The third-order valence-electron chi connectivity index (χ3n) is 3.26. The Hall–Kier alpha value is -0.291. The van der Waals surface area contributed by atoms with Crippen LogP contribution < -0.4 is 4.74 Å². The molecule has 0 saturated heterocycles. The molecule has 0 spiro atoms. The molecule has 1 heterocycles. The summed E-state index contributed by atoms with van der Waals surface area (Å²) in [6.45, 7) is 2.10. The Bertz CT molecular complexity index is 509. The fraction of sp³-hybridized carbons (Fsp3) is 0.357. The van der Waals surface area contributed by atoms with Gasteiger partial charge in [0.25, 0.3) is 0 Å². The van der Waals surface area contributed by atoms with Crippen molar-refractivity contribution >= 4 is 42.0 Å². The minimum absolute atomic E-state index is 0.120. The Labute approximate surface area is 123 Å². The third kappa shape index (κ3) is 2.52. The van der Waals surface area contributed by atoms with Gasteiger partial charge >= 0.3 is 124 Å². The zero-order valence-electron chi connectivity index (χ0n) is 10.9. The maximum absolute atomic E-state index is 11.5. The number of fused-ring (bicyclic) bond motifs is 1. The van der Waals surface area contributed by atoms with Gasteiger partial charge in [0.05, 0.1) is 0 Å². The van der Waals surface area contributed by atoms with E-state index in [-0.39, 0.29) is 5.92 Å². The second kappa shape index (κ2) is 5.78. The topological polar surface area (TPSA) is 26.3 Å². The minimum atomic E-state index is -1.76. The standard InChI is InChI=1S/C12H10BrO2.2CH3.Sn.H/c1-2-8-7-15-12-4-3-9(13)5-10(12)11(8)6-14;;;;/h3-6,11H,2H2,1H3;2*1H3;;. The number of benzene rings is 1. The van der Waals surface area contributed by atoms with E-state index in [1.54, 1.807) is 0 Å². The molecule has 0 aliphatic carbocycles. The van der Waals surface area contributed by atoms with Crippen LogP contribution in [0.3, 0.4) is 0 Å². The second-order valence-electron chi connectivity index (χ2n) is 4.80. The third-order valence-corrected chi connectivity index (χ3v) is 8.14. The van der Waals surface area contributed by atoms with E-state index < -0.39 is 19.8 Å². The zero-order valence-corrected chi connectivity index (χ0v) is 15.7. The van der Waals surface area contributed by atoms with Crippen molar-refractivity contribution in [1.29, 1.82) is 0 Å². The molecule has 1 aromatic rings. The van der Waals surface area contributed by atoms with Gasteiger partial charge in [-0.1, -0.05) is 0 Å². The zero-order chi connectivity index (χ0) is 13.3. The monoisotopic (exact) mass is 416 g/mol. The van der Waals surface area contributed by atoms with Crippen LogP contribution in [0, 0.1) is 0 Å². The van der Waals surface area contributed by atoms with Crippen molar-refractivity contribution in [3.63, 3.8) is 0 Å². The van der Waals surface area contributed by atoms with Gasteiger partial charge in [-0.3, -0.25) is 0 Å². The Balaban J connectivity index is 2.58. The molecule has 1 aliphatic rings. The summed E-state index contributed by atoms with van der Waals surface area (Å²) in [5.74, 6) is 0.734. The molecule has 2 nitrogen and oxygen atoms in total. The van der Waals surface area contributed by atoms with Crippen molar-refractivity contribution in [3.8, 4) is 5.75 Å². The summed E-state index contributed by atoms with van der Waals surface area (Å²) in [7, 11) is 0. The molecule has 0 amide bonds. The molecule has 96 valence electrons. The van der Waals surface area contributed by atoms with Crippen LogP contribution in [0.25, 0.3) is 0 Å². The summed E-state index contributed by atoms with van der Waals surface area (Å²) in [6.07, 6.45) is 1.95. The molecular formula is C14H17BrO2Sn. The summed E-state index contributed by atoms with van der Waals surface area (Å²) in [5, 5.41) is 0. The van der Waals surface area contributed by atoms with Crippen LogP contribution in [-0.2, 0) is 4.79 Å². The van der Waals surface area contributed by atoms with Gasteiger partial charge in [-0.25, -0.2) is 0 Å². The fourth-order valence-corrected chi connectivity index (χ4v) is 7.04. The first kappa shape index (κ1) is 14.1. The normalized spacial score (nSPS) is 18.6. The molecule has 1 atom stereocenters. The molecular weight excluding hydrogens is 399 g/mol. The number of carbonyl (C=O) groups is 1. The summed E-state index contributed by atoms with van der Waals surface area (Å²) in [4.78, 5) is 16.1. The van der Waals surface area contributed by atoms with Crippen molar-refractivity contribution < 1.29 is 9.53 Å². The molecule has 4 heteroatoms. The van der Waals surface area contributed by atoms with E-state index in [0.717, 1.165) is 32.3 Å². The SMILES string of the molecule is CCC1=[C]([SnH]([CH3])[CH3])Oc2ccc(Br)cc2C1C=O. The number of hydrogen-bond donors (Lipinski definition) is 0. The fourth-order valence-electron chi connectivity index (χ4n) is 2.42. The van der Waals surface area contributed by atoms with Crippen LogP contribution in [0.4, 0.5) is 0 Å². The van der Waals surface area contributed by atoms with Crippen molar-refractivity contribution in [2.75, 3.05) is 0 Å². The van der Waals surface area contributed by atoms with Crippen LogP contribution >= 0.6 is 15.9 Å². The number of allylic oxidation sites excluding steroid dienone is 1. The predicted molar refractivity (Wildman–Crippen MR) is 79.8 cm³/mol. The quantitative estimate of drug-likeness (QED) is 0.554. The molecule has 18 heavy (non-hydrogen) atoms. The van der Waals surface area contributed by atoms with Crippen molar-refractivity contribution in [2.45, 2.75) is 29.1 Å². The van der Waals surface area contributed by atoms with Crippen molar-refractivity contribution in [1.82, 2.24) is 0 Å². The first-order chi connectivity index (χ1) is 8.58. The van der Waals surface area contributed by atoms with Gasteiger partial charge in [0.2, 0.25) is 0 Å². The molecule has 0 fully saturated rings. The van der Waals surface area contributed by atoms with E-state index in [9.17, 15) is 4.79 Å². The number of ether oxygens (including phenoxy) is 1. The molecule has 2 rings (SSSR count). The Morgan fingerprint density at radius 3 is 2.72 bits per heavy atom. The van der Waals surface area contributed by atoms with E-state index in [0.29, 0.717) is 0 Å². The summed E-state index contributed by atoms with van der Waals surface area (Å²) in [5.41, 5.74) is 2.19. The summed E-state index contributed by atoms with van der Waals surface area (Å²) >= 11 is 1.70. The van der Waals surface area contributed by atoms with E-state index in [4.69, 9.17) is 4.74 Å². The Morgan fingerprint density at radius 1 is 1.44 bits per heavy atom. The molecule has 0 saturated carbocycles. The van der Waals surface area contributed by atoms with Gasteiger partial charge in [0.1, 0.15) is 0 Å². The predicted octanol–water partition coefficient (Wildman–Crippen LogP) is 3.81. The van der Waals surface area contributed by atoms with Crippen LogP contribution in [0.2, 0.25) is 9.88 Å². The maximum atomic E-state index is 11.5. The molecule has 1 aliphatic heterocycles. The number of rotatable bonds is 3. The van der Waals surface area contributed by atoms with Crippen LogP contribution in [-0.4, -0.2) is 26.0 Å². The van der Waals surface area contributed by atoms with E-state index in [2.05, 4.69) is 32.7 Å². The molecule has 1 unspecified atom stereocenters. The van der Waals surface area contributed by atoms with E-state index in [1.807, 2.05) is 18.2 Å². The van der Waals surface area contributed by atoms with Crippen molar-refractivity contribution in [2.24, 2.45) is 0 Å². The second-order valence-corrected chi connectivity index (χ2v) is 13.8. The van der Waals surface area contributed by atoms with Gasteiger partial charge in [-0.05, 0) is 0 Å². The van der Waals surface area contributed by atoms with Gasteiger partial charge in [-0.2, -0.15) is 0 Å². The average molecular weight is 416 g/mol. The average Bonchev–Trinajstić information content (AvgIpc) is 2.36. The van der Waals surface area contributed by atoms with E-state index >= 15 is 0 Å². The number of carbonyl (C=O) groups excluding carboxylic acids is 1. The first-order valence-electron chi connectivity index (χ1n) is 6.24. The molecule has 0 radical (unpaired) electrons. The van der Waals surface area contributed by atoms with Gasteiger partial charge in [0, 0.05) is 0 Å². The molecule has 0 bridgehead atoms. The number of halogens is 1. The summed E-state index contributed by atoms with van der Waals surface area (Å²) in [6, 6.07) is 5.92. The Morgan fingerprint density at radius 2 is 2.17 bits per heavy atom. The van der Waals surface area contributed by atoms with Gasteiger partial charge in [0.15, 0.2) is 0 Å². The van der Waals surface area contributed by atoms with Crippen molar-refractivity contribution in [3.05, 3.63) is 37.6 Å². The molecule has 0 aromatic heterocycles. The molecule has 0 N–H and O–H groups in total. The van der Waals surface area contributed by atoms with Crippen LogP contribution in [0.15, 0.2) is 32.0 Å².